The molecule has 0 aliphatic carbocycles. The molecular weight excluding hydrogens is 276 g/mol. The molecule has 20 heavy (non-hydrogen) atoms. The summed E-state index contributed by atoms with van der Waals surface area (Å²) in [6.07, 6.45) is 0. The van der Waals surface area contributed by atoms with E-state index in [0.717, 1.165) is 5.56 Å². The van der Waals surface area contributed by atoms with Gasteiger partial charge < -0.3 is 9.84 Å². The second-order valence-corrected chi connectivity index (χ2v) is 4.74. The number of halogens is 1. The van der Waals surface area contributed by atoms with Crippen molar-refractivity contribution in [3.8, 4) is 16.9 Å². The zero-order chi connectivity index (χ0) is 14.7. The molecule has 0 amide bonds. The number of hydrogen-bond donors (Lipinski definition) is 1. The molecule has 2 rings (SSSR count). The molecule has 3 nitrogen and oxygen atoms in total. The number of phenolic OH excluding ortho intramolecular Hbond substituents is 1. The molecule has 0 heterocycles. The number of carbonyl (C=O) groups excluding carboxylic acids is 1. The Kier molecular flexibility index (Phi) is 4.30. The standard InChI is InChI=1S/C16H15ClO3/c1-3-20-16(19)13-12(11-7-5-4-6-8-11)9-10(2)14(17)15(13)18/h4-9,18H,3H2,1-2H3. The van der Waals surface area contributed by atoms with E-state index in [4.69, 9.17) is 16.3 Å². The van der Waals surface area contributed by atoms with E-state index in [1.807, 2.05) is 30.3 Å². The van der Waals surface area contributed by atoms with Crippen LogP contribution in [0.15, 0.2) is 36.4 Å². The molecule has 1 N–H and O–H groups in total. The Morgan fingerprint density at radius 2 is 1.95 bits per heavy atom. The Morgan fingerprint density at radius 3 is 2.55 bits per heavy atom. The maximum absolute atomic E-state index is 12.1. The Bertz CT molecular complexity index is 636. The van der Waals surface area contributed by atoms with Crippen LogP contribution in [0.5, 0.6) is 5.75 Å². The van der Waals surface area contributed by atoms with Crippen LogP contribution in [0.4, 0.5) is 0 Å². The number of carbonyl (C=O) groups is 1. The maximum atomic E-state index is 12.1. The largest absolute Gasteiger partial charge is 0.505 e. The summed E-state index contributed by atoms with van der Waals surface area (Å²) in [5.74, 6) is -0.810. The third-order valence-corrected chi connectivity index (χ3v) is 3.46. The zero-order valence-corrected chi connectivity index (χ0v) is 12.1. The molecule has 0 aliphatic heterocycles. The molecule has 0 aliphatic rings. The minimum Gasteiger partial charge on any atom is -0.505 e. The van der Waals surface area contributed by atoms with Gasteiger partial charge in [-0.25, -0.2) is 4.79 Å². The average molecular weight is 291 g/mol. The van der Waals surface area contributed by atoms with Crippen molar-refractivity contribution in [2.75, 3.05) is 6.61 Å². The Morgan fingerprint density at radius 1 is 1.30 bits per heavy atom. The number of benzene rings is 2. The summed E-state index contributed by atoms with van der Waals surface area (Å²) < 4.78 is 5.01. The second-order valence-electron chi connectivity index (χ2n) is 4.37. The molecule has 0 unspecified atom stereocenters. The van der Waals surface area contributed by atoms with Crippen molar-refractivity contribution < 1.29 is 14.6 Å². The van der Waals surface area contributed by atoms with Gasteiger partial charge in [-0.15, -0.1) is 0 Å². The number of aryl methyl sites for hydroxylation is 1. The summed E-state index contributed by atoms with van der Waals surface area (Å²) in [7, 11) is 0. The highest BCUT2D eigenvalue weighted by Crippen LogP contribution is 2.38. The van der Waals surface area contributed by atoms with Crippen LogP contribution in [0.25, 0.3) is 11.1 Å². The van der Waals surface area contributed by atoms with Gasteiger partial charge in [0.25, 0.3) is 0 Å². The minimum atomic E-state index is -0.578. The molecule has 0 bridgehead atoms. The number of esters is 1. The van der Waals surface area contributed by atoms with E-state index in [9.17, 15) is 9.90 Å². The van der Waals surface area contributed by atoms with Crippen LogP contribution < -0.4 is 0 Å². The van der Waals surface area contributed by atoms with Gasteiger partial charge in [0, 0.05) is 5.56 Å². The highest BCUT2D eigenvalue weighted by atomic mass is 35.5. The summed E-state index contributed by atoms with van der Waals surface area (Å²) in [6, 6.07) is 11.1. The number of hydrogen-bond acceptors (Lipinski definition) is 3. The first-order chi connectivity index (χ1) is 9.56. The number of phenols is 1. The zero-order valence-electron chi connectivity index (χ0n) is 11.3. The van der Waals surface area contributed by atoms with Crippen molar-refractivity contribution in [2.24, 2.45) is 0 Å². The Labute approximate surface area is 122 Å². The van der Waals surface area contributed by atoms with E-state index in [0.29, 0.717) is 11.1 Å². The lowest BCUT2D eigenvalue weighted by molar-refractivity contribution is 0.0524. The van der Waals surface area contributed by atoms with Gasteiger partial charge in [-0.3, -0.25) is 0 Å². The lowest BCUT2D eigenvalue weighted by Crippen LogP contribution is -2.07. The summed E-state index contributed by atoms with van der Waals surface area (Å²) in [4.78, 5) is 12.1. The van der Waals surface area contributed by atoms with Gasteiger partial charge in [0.1, 0.15) is 11.3 Å². The topological polar surface area (TPSA) is 46.5 Å². The molecule has 0 radical (unpaired) electrons. The molecule has 0 atom stereocenters. The predicted molar refractivity (Wildman–Crippen MR) is 79.2 cm³/mol. The first-order valence-corrected chi connectivity index (χ1v) is 6.68. The summed E-state index contributed by atoms with van der Waals surface area (Å²) in [6.45, 7) is 3.73. The van der Waals surface area contributed by atoms with Crippen LogP contribution in [0, 0.1) is 6.92 Å². The molecule has 0 spiro atoms. The van der Waals surface area contributed by atoms with E-state index < -0.39 is 5.97 Å². The van der Waals surface area contributed by atoms with Gasteiger partial charge in [-0.05, 0) is 31.0 Å². The molecule has 0 aromatic heterocycles. The monoisotopic (exact) mass is 290 g/mol. The molecule has 4 heteroatoms. The SMILES string of the molecule is CCOC(=O)c1c(-c2ccccc2)cc(C)c(Cl)c1O. The van der Waals surface area contributed by atoms with Crippen molar-refractivity contribution in [3.05, 3.63) is 52.5 Å². The van der Waals surface area contributed by atoms with E-state index >= 15 is 0 Å². The van der Waals surface area contributed by atoms with Crippen LogP contribution in [0.3, 0.4) is 0 Å². The number of ether oxygens (including phenoxy) is 1. The molecule has 104 valence electrons. The summed E-state index contributed by atoms with van der Waals surface area (Å²) in [5.41, 5.74) is 2.25. The molecule has 0 saturated carbocycles. The fourth-order valence-electron chi connectivity index (χ4n) is 2.03. The smallest absolute Gasteiger partial charge is 0.342 e. The van der Waals surface area contributed by atoms with Crippen molar-refractivity contribution in [1.82, 2.24) is 0 Å². The van der Waals surface area contributed by atoms with Crippen molar-refractivity contribution >= 4 is 17.6 Å². The Balaban J connectivity index is 2.69. The molecule has 2 aromatic carbocycles. The molecule has 0 saturated heterocycles. The van der Waals surface area contributed by atoms with Gasteiger partial charge in [0.2, 0.25) is 0 Å². The molecular formula is C16H15ClO3. The van der Waals surface area contributed by atoms with Crippen LogP contribution in [-0.4, -0.2) is 17.7 Å². The number of rotatable bonds is 3. The van der Waals surface area contributed by atoms with Gasteiger partial charge in [0.15, 0.2) is 0 Å². The number of aromatic hydroxyl groups is 1. The average Bonchev–Trinajstić information content (AvgIpc) is 2.45. The second kappa shape index (κ2) is 5.97. The highest BCUT2D eigenvalue weighted by molar-refractivity contribution is 6.33. The van der Waals surface area contributed by atoms with Crippen LogP contribution in [0.1, 0.15) is 22.8 Å². The fraction of sp³-hybridized carbons (Fsp3) is 0.188. The lowest BCUT2D eigenvalue weighted by atomic mass is 9.96. The van der Waals surface area contributed by atoms with Gasteiger partial charge in [-0.1, -0.05) is 41.9 Å². The van der Waals surface area contributed by atoms with Gasteiger partial charge in [0.05, 0.1) is 11.6 Å². The van der Waals surface area contributed by atoms with Crippen LogP contribution >= 0.6 is 11.6 Å². The quantitative estimate of drug-likeness (QED) is 0.862. The van der Waals surface area contributed by atoms with Crippen LogP contribution in [-0.2, 0) is 4.74 Å². The summed E-state index contributed by atoms with van der Waals surface area (Å²) >= 11 is 6.03. The van der Waals surface area contributed by atoms with Gasteiger partial charge in [-0.2, -0.15) is 0 Å². The Hall–Kier alpha value is -2.00. The summed E-state index contributed by atoms with van der Waals surface area (Å²) in [5, 5.41) is 10.4. The highest BCUT2D eigenvalue weighted by Gasteiger charge is 2.22. The third kappa shape index (κ3) is 2.63. The minimum absolute atomic E-state index is 0.105. The van der Waals surface area contributed by atoms with Crippen molar-refractivity contribution in [1.29, 1.82) is 0 Å². The van der Waals surface area contributed by atoms with E-state index in [1.54, 1.807) is 19.9 Å². The van der Waals surface area contributed by atoms with Crippen molar-refractivity contribution in [3.63, 3.8) is 0 Å². The van der Waals surface area contributed by atoms with Crippen molar-refractivity contribution in [2.45, 2.75) is 13.8 Å². The fourth-order valence-corrected chi connectivity index (χ4v) is 2.18. The molecule has 0 fully saturated rings. The lowest BCUT2D eigenvalue weighted by Gasteiger charge is -2.14. The first-order valence-electron chi connectivity index (χ1n) is 6.30. The van der Waals surface area contributed by atoms with E-state index in [2.05, 4.69) is 0 Å². The van der Waals surface area contributed by atoms with E-state index in [1.165, 1.54) is 0 Å². The third-order valence-electron chi connectivity index (χ3n) is 2.99. The normalized spacial score (nSPS) is 10.3. The van der Waals surface area contributed by atoms with Gasteiger partial charge >= 0.3 is 5.97 Å². The maximum Gasteiger partial charge on any atom is 0.342 e. The molecule has 2 aromatic rings. The van der Waals surface area contributed by atoms with Crippen LogP contribution in [0.2, 0.25) is 5.02 Å². The first kappa shape index (κ1) is 14.4. The predicted octanol–water partition coefficient (Wildman–Crippen LogP) is 4.20. The van der Waals surface area contributed by atoms with E-state index in [-0.39, 0.29) is 22.9 Å².